The SMILES string of the molecule is CCOC(=O)c1ccn(-c2ccc(NS(=O)(=O)c3ccc4c5c(cccc35)C(=O)N4)cc2)n1. The number of esters is 1. The topological polar surface area (TPSA) is 119 Å². The highest BCUT2D eigenvalue weighted by molar-refractivity contribution is 7.93. The zero-order valence-corrected chi connectivity index (χ0v) is 18.2. The zero-order valence-electron chi connectivity index (χ0n) is 17.4. The van der Waals surface area contributed by atoms with Crippen LogP contribution in [-0.4, -0.2) is 36.7 Å². The number of carbonyl (C=O) groups is 2. The summed E-state index contributed by atoms with van der Waals surface area (Å²) in [6.45, 7) is 1.97. The van der Waals surface area contributed by atoms with E-state index in [1.807, 2.05) is 0 Å². The molecule has 0 spiro atoms. The van der Waals surface area contributed by atoms with Gasteiger partial charge in [-0.1, -0.05) is 12.1 Å². The number of aromatic nitrogens is 2. The van der Waals surface area contributed by atoms with Gasteiger partial charge in [0.15, 0.2) is 5.69 Å². The van der Waals surface area contributed by atoms with Crippen LogP contribution in [0.4, 0.5) is 11.4 Å². The lowest BCUT2D eigenvalue weighted by atomic mass is 10.1. The summed E-state index contributed by atoms with van der Waals surface area (Å²) in [5, 5.41) is 7.99. The monoisotopic (exact) mass is 462 g/mol. The van der Waals surface area contributed by atoms with Crippen LogP contribution in [0, 0.1) is 0 Å². The fraction of sp³-hybridized carbons (Fsp3) is 0.0870. The third-order valence-corrected chi connectivity index (χ3v) is 6.68. The lowest BCUT2D eigenvalue weighted by Crippen LogP contribution is -2.13. The highest BCUT2D eigenvalue weighted by Gasteiger charge is 2.26. The first kappa shape index (κ1) is 20.7. The van der Waals surface area contributed by atoms with Gasteiger partial charge in [0.25, 0.3) is 15.9 Å². The van der Waals surface area contributed by atoms with Crippen LogP contribution in [0.3, 0.4) is 0 Å². The molecule has 1 amide bonds. The number of amides is 1. The Labute approximate surface area is 189 Å². The number of carbonyl (C=O) groups excluding carboxylic acids is 2. The Hall–Kier alpha value is -4.18. The summed E-state index contributed by atoms with van der Waals surface area (Å²) in [5.41, 5.74) is 2.22. The zero-order chi connectivity index (χ0) is 23.2. The average molecular weight is 462 g/mol. The van der Waals surface area contributed by atoms with Crippen molar-refractivity contribution in [3.63, 3.8) is 0 Å². The van der Waals surface area contributed by atoms with Crippen molar-refractivity contribution in [1.82, 2.24) is 9.78 Å². The first-order valence-corrected chi connectivity index (χ1v) is 11.6. The normalized spacial score (nSPS) is 12.6. The van der Waals surface area contributed by atoms with Crippen molar-refractivity contribution < 1.29 is 22.7 Å². The van der Waals surface area contributed by atoms with Crippen LogP contribution in [0.5, 0.6) is 0 Å². The number of hydrogen-bond acceptors (Lipinski definition) is 6. The Bertz CT molecular complexity index is 1520. The van der Waals surface area contributed by atoms with E-state index in [0.717, 1.165) is 0 Å². The predicted octanol–water partition coefficient (Wildman–Crippen LogP) is 3.57. The molecule has 10 heteroatoms. The fourth-order valence-corrected chi connectivity index (χ4v) is 5.03. The molecule has 0 unspecified atom stereocenters. The van der Waals surface area contributed by atoms with Crippen LogP contribution >= 0.6 is 0 Å². The van der Waals surface area contributed by atoms with E-state index in [1.54, 1.807) is 67.7 Å². The number of nitrogens with zero attached hydrogens (tertiary/aromatic N) is 2. The number of sulfonamides is 1. The predicted molar refractivity (Wildman–Crippen MR) is 122 cm³/mol. The van der Waals surface area contributed by atoms with Crippen LogP contribution in [-0.2, 0) is 14.8 Å². The van der Waals surface area contributed by atoms with E-state index in [2.05, 4.69) is 15.1 Å². The molecule has 1 aliphatic heterocycles. The van der Waals surface area contributed by atoms with Gasteiger partial charge in [0, 0.05) is 33.9 Å². The van der Waals surface area contributed by atoms with Crippen molar-refractivity contribution in [2.24, 2.45) is 0 Å². The molecule has 3 aromatic carbocycles. The standard InChI is InChI=1S/C23H18N4O5S/c1-2-32-23(29)19-12-13-27(25-19)15-8-6-14(7-9-15)26-33(30,31)20-11-10-18-21-16(20)4-3-5-17(21)22(28)24-18/h3-13,26H,2H2,1H3,(H,24,28). The molecule has 0 saturated carbocycles. The van der Waals surface area contributed by atoms with Crippen LogP contribution in [0.1, 0.15) is 27.8 Å². The molecule has 2 heterocycles. The Morgan fingerprint density at radius 1 is 1.09 bits per heavy atom. The molecule has 0 aliphatic carbocycles. The molecular formula is C23H18N4O5S. The Morgan fingerprint density at radius 2 is 1.88 bits per heavy atom. The van der Waals surface area contributed by atoms with Crippen LogP contribution in [0.15, 0.2) is 71.8 Å². The number of nitrogens with one attached hydrogen (secondary N) is 2. The first-order valence-electron chi connectivity index (χ1n) is 10.1. The summed E-state index contributed by atoms with van der Waals surface area (Å²) in [6.07, 6.45) is 1.62. The first-order chi connectivity index (χ1) is 15.9. The average Bonchev–Trinajstić information content (AvgIpc) is 3.41. The van der Waals surface area contributed by atoms with Gasteiger partial charge >= 0.3 is 5.97 Å². The van der Waals surface area contributed by atoms with Crippen LogP contribution in [0.25, 0.3) is 16.5 Å². The molecule has 1 aliphatic rings. The van der Waals surface area contributed by atoms with Gasteiger partial charge < -0.3 is 10.1 Å². The molecule has 0 atom stereocenters. The molecule has 4 aromatic rings. The summed E-state index contributed by atoms with van der Waals surface area (Å²) < 4.78 is 35.3. The van der Waals surface area contributed by atoms with E-state index in [-0.39, 0.29) is 23.1 Å². The molecule has 166 valence electrons. The van der Waals surface area contributed by atoms with Gasteiger partial charge in [-0.2, -0.15) is 5.10 Å². The number of hydrogen-bond donors (Lipinski definition) is 2. The maximum atomic E-state index is 13.1. The van der Waals surface area contributed by atoms with Crippen molar-refractivity contribution in [3.8, 4) is 5.69 Å². The summed E-state index contributed by atoms with van der Waals surface area (Å²) in [5.74, 6) is -0.763. The number of benzene rings is 3. The van der Waals surface area contributed by atoms with Crippen LogP contribution in [0.2, 0.25) is 0 Å². The minimum Gasteiger partial charge on any atom is -0.461 e. The van der Waals surface area contributed by atoms with Gasteiger partial charge in [0.05, 0.1) is 17.2 Å². The van der Waals surface area contributed by atoms with Crippen molar-refractivity contribution in [2.75, 3.05) is 16.6 Å². The maximum absolute atomic E-state index is 13.1. The molecule has 33 heavy (non-hydrogen) atoms. The smallest absolute Gasteiger partial charge is 0.358 e. The van der Waals surface area contributed by atoms with Crippen molar-refractivity contribution in [3.05, 3.63) is 78.1 Å². The van der Waals surface area contributed by atoms with Crippen molar-refractivity contribution in [2.45, 2.75) is 11.8 Å². The number of ether oxygens (including phenoxy) is 1. The molecule has 1 aromatic heterocycles. The third kappa shape index (κ3) is 3.60. The lowest BCUT2D eigenvalue weighted by molar-refractivity contribution is 0.0518. The van der Waals surface area contributed by atoms with Gasteiger partial charge in [0.2, 0.25) is 0 Å². The molecule has 9 nitrogen and oxygen atoms in total. The highest BCUT2D eigenvalue weighted by atomic mass is 32.2. The largest absolute Gasteiger partial charge is 0.461 e. The van der Waals surface area contributed by atoms with E-state index in [1.165, 1.54) is 10.7 Å². The molecule has 2 N–H and O–H groups in total. The quantitative estimate of drug-likeness (QED) is 0.423. The highest BCUT2D eigenvalue weighted by Crippen LogP contribution is 2.37. The maximum Gasteiger partial charge on any atom is 0.358 e. The Kier molecular flexibility index (Phi) is 4.86. The van der Waals surface area contributed by atoms with Gasteiger partial charge in [0.1, 0.15) is 0 Å². The van der Waals surface area contributed by atoms with Gasteiger partial charge in [-0.3, -0.25) is 9.52 Å². The van der Waals surface area contributed by atoms with Gasteiger partial charge in [-0.25, -0.2) is 17.9 Å². The van der Waals surface area contributed by atoms with Crippen molar-refractivity contribution >= 4 is 44.0 Å². The molecule has 5 rings (SSSR count). The van der Waals surface area contributed by atoms with Gasteiger partial charge in [-0.15, -0.1) is 0 Å². The molecular weight excluding hydrogens is 444 g/mol. The van der Waals surface area contributed by atoms with E-state index in [9.17, 15) is 18.0 Å². The summed E-state index contributed by atoms with van der Waals surface area (Å²) in [7, 11) is -3.93. The molecule has 0 saturated heterocycles. The number of anilines is 2. The van der Waals surface area contributed by atoms with Crippen LogP contribution < -0.4 is 10.0 Å². The summed E-state index contributed by atoms with van der Waals surface area (Å²) >= 11 is 0. The number of rotatable bonds is 6. The molecule has 0 fully saturated rings. The summed E-state index contributed by atoms with van der Waals surface area (Å²) in [6, 6.07) is 16.2. The second-order valence-corrected chi connectivity index (χ2v) is 8.96. The van der Waals surface area contributed by atoms with E-state index in [0.29, 0.717) is 33.4 Å². The lowest BCUT2D eigenvalue weighted by Gasteiger charge is -2.12. The minimum absolute atomic E-state index is 0.0785. The fourth-order valence-electron chi connectivity index (χ4n) is 3.77. The summed E-state index contributed by atoms with van der Waals surface area (Å²) in [4.78, 5) is 24.0. The van der Waals surface area contributed by atoms with E-state index in [4.69, 9.17) is 4.74 Å². The Balaban J connectivity index is 1.42. The Morgan fingerprint density at radius 3 is 2.64 bits per heavy atom. The van der Waals surface area contributed by atoms with E-state index < -0.39 is 16.0 Å². The molecule has 0 radical (unpaired) electrons. The second-order valence-electron chi connectivity index (χ2n) is 7.31. The molecule has 0 bridgehead atoms. The second kappa shape index (κ2) is 7.75. The van der Waals surface area contributed by atoms with Crippen molar-refractivity contribution in [1.29, 1.82) is 0 Å². The van der Waals surface area contributed by atoms with E-state index >= 15 is 0 Å². The van der Waals surface area contributed by atoms with Gasteiger partial charge in [-0.05, 0) is 55.5 Å². The minimum atomic E-state index is -3.93. The third-order valence-electron chi connectivity index (χ3n) is 5.24.